The maximum atomic E-state index is 12.7. The van der Waals surface area contributed by atoms with Crippen molar-refractivity contribution in [2.75, 3.05) is 0 Å². The number of carboxylic acids is 1. The number of aromatic amines is 1. The predicted molar refractivity (Wildman–Crippen MR) is 35.1 cm³/mol. The Morgan fingerprint density at radius 1 is 1.27 bits per heavy atom. The molecule has 0 saturated carbocycles. The van der Waals surface area contributed by atoms with Crippen molar-refractivity contribution in [2.45, 2.75) is 12.1 Å². The lowest BCUT2D eigenvalue weighted by Gasteiger charge is -2.20. The molecule has 0 aliphatic rings. The summed E-state index contributed by atoms with van der Waals surface area (Å²) in [6.45, 7) is 0. The number of aromatic nitrogens is 1. The van der Waals surface area contributed by atoms with E-state index in [1.807, 2.05) is 0 Å². The lowest BCUT2D eigenvalue weighted by atomic mass is 10.1. The molecular weight excluding hydrogens is 225 g/mol. The van der Waals surface area contributed by atoms with Crippen LogP contribution < -0.4 is 5.11 Å². The molecule has 0 bridgehead atoms. The van der Waals surface area contributed by atoms with Crippen LogP contribution in [-0.4, -0.2) is 17.1 Å². The van der Waals surface area contributed by atoms with Gasteiger partial charge in [0.05, 0.1) is 17.2 Å². The third-order valence-electron chi connectivity index (χ3n) is 1.65. The van der Waals surface area contributed by atoms with Gasteiger partial charge in [-0.2, -0.15) is 22.0 Å². The number of carboxylic acid groups (broad SMARTS) is 1. The van der Waals surface area contributed by atoms with Crippen molar-refractivity contribution in [1.82, 2.24) is 4.98 Å². The molecule has 0 unspecified atom stereocenters. The third kappa shape index (κ3) is 1.79. The summed E-state index contributed by atoms with van der Waals surface area (Å²) >= 11 is 0. The molecule has 1 aromatic rings. The van der Waals surface area contributed by atoms with Gasteiger partial charge in [0.25, 0.3) is 0 Å². The molecule has 0 atom stereocenters. The summed E-state index contributed by atoms with van der Waals surface area (Å²) in [5.41, 5.74) is -2.94. The van der Waals surface area contributed by atoms with E-state index in [1.165, 1.54) is 0 Å². The van der Waals surface area contributed by atoms with Crippen molar-refractivity contribution in [1.29, 1.82) is 0 Å². The van der Waals surface area contributed by atoms with Crippen LogP contribution >= 0.6 is 0 Å². The summed E-state index contributed by atoms with van der Waals surface area (Å²) in [6, 6.07) is 0.346. The number of H-pyrrole nitrogens is 1. The first kappa shape index (κ1) is 11.5. The summed E-state index contributed by atoms with van der Waals surface area (Å²) in [4.78, 5) is 12.0. The number of hydrogen-bond acceptors (Lipinski definition) is 2. The molecule has 0 aromatic carbocycles. The van der Waals surface area contributed by atoms with Gasteiger partial charge in [-0.1, -0.05) is 0 Å². The molecular formula is C7H3F5NO2-. The van der Waals surface area contributed by atoms with Gasteiger partial charge in [-0.15, -0.1) is 0 Å². The second kappa shape index (κ2) is 3.21. The van der Waals surface area contributed by atoms with Gasteiger partial charge in [0.2, 0.25) is 0 Å². The minimum atomic E-state index is -5.85. The zero-order valence-electron chi connectivity index (χ0n) is 6.86. The number of carbonyl (C=O) groups excluding carboxylic acids is 1. The van der Waals surface area contributed by atoms with Crippen LogP contribution in [0.3, 0.4) is 0 Å². The SMILES string of the molecule is O=C([O-])c1[nH]ccc1C(F)(F)C(F)(F)F. The number of rotatable bonds is 2. The minimum absolute atomic E-state index is 0.346. The van der Waals surface area contributed by atoms with E-state index in [0.29, 0.717) is 12.3 Å². The minimum Gasteiger partial charge on any atom is -0.543 e. The van der Waals surface area contributed by atoms with Gasteiger partial charge in [-0.05, 0) is 6.07 Å². The number of nitrogens with one attached hydrogen (secondary N) is 1. The van der Waals surface area contributed by atoms with Crippen LogP contribution in [0.4, 0.5) is 22.0 Å². The molecule has 0 spiro atoms. The van der Waals surface area contributed by atoms with E-state index >= 15 is 0 Å². The Kier molecular flexibility index (Phi) is 2.46. The molecule has 0 amide bonds. The quantitative estimate of drug-likeness (QED) is 0.768. The average Bonchev–Trinajstić information content (AvgIpc) is 2.48. The highest BCUT2D eigenvalue weighted by atomic mass is 19.4. The van der Waals surface area contributed by atoms with Crippen LogP contribution in [0.1, 0.15) is 16.1 Å². The molecule has 0 fully saturated rings. The topological polar surface area (TPSA) is 55.9 Å². The molecule has 0 aliphatic carbocycles. The van der Waals surface area contributed by atoms with Crippen LogP contribution in [0.15, 0.2) is 12.3 Å². The Labute approximate surface area is 79.5 Å². The number of halogens is 5. The van der Waals surface area contributed by atoms with Crippen molar-refractivity contribution >= 4 is 5.97 Å². The van der Waals surface area contributed by atoms with E-state index in [-0.39, 0.29) is 0 Å². The van der Waals surface area contributed by atoms with Crippen LogP contribution in [0.2, 0.25) is 0 Å². The van der Waals surface area contributed by atoms with Crippen LogP contribution in [0, 0.1) is 0 Å². The second-order valence-electron chi connectivity index (χ2n) is 2.63. The summed E-state index contributed by atoms with van der Waals surface area (Å²) < 4.78 is 61.0. The standard InChI is InChI=1S/C7H4F5NO2/c8-6(9,7(10,11)12)3-1-2-13-4(3)5(14)15/h1-2,13H,(H,14,15)/p-1. The van der Waals surface area contributed by atoms with Gasteiger partial charge < -0.3 is 14.9 Å². The van der Waals surface area contributed by atoms with Gasteiger partial charge in [-0.3, -0.25) is 0 Å². The molecule has 0 saturated heterocycles. The van der Waals surface area contributed by atoms with Gasteiger partial charge in [-0.25, -0.2) is 0 Å². The van der Waals surface area contributed by atoms with Crippen LogP contribution in [0.5, 0.6) is 0 Å². The zero-order valence-corrected chi connectivity index (χ0v) is 6.86. The monoisotopic (exact) mass is 228 g/mol. The molecule has 84 valence electrons. The van der Waals surface area contributed by atoms with Crippen LogP contribution in [-0.2, 0) is 5.92 Å². The maximum absolute atomic E-state index is 12.7. The number of hydrogen-bond donors (Lipinski definition) is 1. The number of alkyl halides is 5. The lowest BCUT2D eigenvalue weighted by molar-refractivity contribution is -0.290. The first-order chi connectivity index (χ1) is 6.68. The highest BCUT2D eigenvalue weighted by molar-refractivity contribution is 5.85. The molecule has 1 heterocycles. The Morgan fingerprint density at radius 3 is 2.20 bits per heavy atom. The molecule has 8 heteroatoms. The van der Waals surface area contributed by atoms with Crippen molar-refractivity contribution in [3.63, 3.8) is 0 Å². The molecule has 3 nitrogen and oxygen atoms in total. The average molecular weight is 228 g/mol. The predicted octanol–water partition coefficient (Wildman–Crippen LogP) is 1.03. The Bertz CT molecular complexity index is 381. The molecule has 15 heavy (non-hydrogen) atoms. The Balaban J connectivity index is 3.27. The summed E-state index contributed by atoms with van der Waals surface area (Å²) in [5.74, 6) is -7.35. The highest BCUT2D eigenvalue weighted by Crippen LogP contribution is 2.44. The normalized spacial score (nSPS) is 12.9. The van der Waals surface area contributed by atoms with E-state index in [0.717, 1.165) is 0 Å². The van der Waals surface area contributed by atoms with Gasteiger partial charge in [0.1, 0.15) is 0 Å². The van der Waals surface area contributed by atoms with Crippen molar-refractivity contribution in [3.05, 3.63) is 23.5 Å². The highest BCUT2D eigenvalue weighted by Gasteiger charge is 2.59. The maximum Gasteiger partial charge on any atom is 0.458 e. The fourth-order valence-electron chi connectivity index (χ4n) is 0.953. The van der Waals surface area contributed by atoms with Gasteiger partial charge in [0.15, 0.2) is 0 Å². The summed E-state index contributed by atoms with van der Waals surface area (Å²) in [5, 5.41) is 10.2. The molecule has 1 aromatic heterocycles. The summed E-state index contributed by atoms with van der Waals surface area (Å²) in [7, 11) is 0. The van der Waals surface area contributed by atoms with E-state index in [2.05, 4.69) is 0 Å². The van der Waals surface area contributed by atoms with E-state index in [1.54, 1.807) is 4.98 Å². The first-order valence-corrected chi connectivity index (χ1v) is 3.51. The molecule has 0 aliphatic heterocycles. The van der Waals surface area contributed by atoms with E-state index in [4.69, 9.17) is 0 Å². The van der Waals surface area contributed by atoms with E-state index in [9.17, 15) is 31.9 Å². The van der Waals surface area contributed by atoms with Gasteiger partial charge >= 0.3 is 12.1 Å². The van der Waals surface area contributed by atoms with Crippen molar-refractivity contribution in [3.8, 4) is 0 Å². The van der Waals surface area contributed by atoms with Crippen LogP contribution in [0.25, 0.3) is 0 Å². The summed E-state index contributed by atoms with van der Waals surface area (Å²) in [6.07, 6.45) is -5.18. The Hall–Kier alpha value is -1.60. The first-order valence-electron chi connectivity index (χ1n) is 3.51. The zero-order chi connectivity index (χ0) is 11.9. The largest absolute Gasteiger partial charge is 0.543 e. The van der Waals surface area contributed by atoms with Crippen molar-refractivity contribution in [2.24, 2.45) is 0 Å². The fourth-order valence-corrected chi connectivity index (χ4v) is 0.953. The van der Waals surface area contributed by atoms with Crippen molar-refractivity contribution < 1.29 is 31.9 Å². The molecule has 1 rings (SSSR count). The number of aromatic carboxylic acids is 1. The molecule has 1 N–H and O–H groups in total. The third-order valence-corrected chi connectivity index (χ3v) is 1.65. The Morgan fingerprint density at radius 2 is 1.80 bits per heavy atom. The molecule has 0 radical (unpaired) electrons. The van der Waals surface area contributed by atoms with Gasteiger partial charge in [0, 0.05) is 6.20 Å². The second-order valence-corrected chi connectivity index (χ2v) is 2.63. The lowest BCUT2D eigenvalue weighted by Crippen LogP contribution is -2.36. The van der Waals surface area contributed by atoms with E-state index < -0.39 is 29.3 Å². The smallest absolute Gasteiger partial charge is 0.458 e. The fraction of sp³-hybridized carbons (Fsp3) is 0.286. The number of carbonyl (C=O) groups is 1.